The molecule has 1 atom stereocenters. The largest absolute Gasteiger partial charge is 0.496 e. The van der Waals surface area contributed by atoms with E-state index in [4.69, 9.17) is 4.74 Å². The number of nitrogens with one attached hydrogen (secondary N) is 1. The van der Waals surface area contributed by atoms with E-state index in [0.717, 1.165) is 5.56 Å². The predicted molar refractivity (Wildman–Crippen MR) is 100 cm³/mol. The van der Waals surface area contributed by atoms with Crippen molar-refractivity contribution in [3.05, 3.63) is 65.7 Å². The van der Waals surface area contributed by atoms with Gasteiger partial charge in [-0.05, 0) is 32.4 Å². The Morgan fingerprint density at radius 2 is 1.58 bits per heavy atom. The molecule has 0 saturated carbocycles. The molecule has 0 heterocycles. The summed E-state index contributed by atoms with van der Waals surface area (Å²) in [4.78, 5) is 24.8. The van der Waals surface area contributed by atoms with Crippen LogP contribution in [0, 0.1) is 0 Å². The molecule has 2 N–H and O–H groups in total. The molecule has 5 nitrogen and oxygen atoms in total. The van der Waals surface area contributed by atoms with Gasteiger partial charge in [0.05, 0.1) is 12.5 Å². The van der Waals surface area contributed by atoms with E-state index in [-0.39, 0.29) is 12.5 Å². The minimum atomic E-state index is -1.21. The van der Waals surface area contributed by atoms with Crippen LogP contribution in [0.2, 0.25) is 0 Å². The molecule has 0 bridgehead atoms. The van der Waals surface area contributed by atoms with Crippen LogP contribution in [0.4, 0.5) is 0 Å². The molecule has 1 unspecified atom stereocenters. The number of carbonyl (C=O) groups excluding carboxylic acids is 1. The molecule has 0 saturated heterocycles. The number of aliphatic carboxylic acids is 1. The molecular weight excluding hydrogens is 330 g/mol. The van der Waals surface area contributed by atoms with Crippen molar-refractivity contribution in [1.29, 1.82) is 0 Å². The van der Waals surface area contributed by atoms with Gasteiger partial charge in [-0.15, -0.1) is 0 Å². The molecule has 2 rings (SSSR count). The minimum absolute atomic E-state index is 0.0102. The van der Waals surface area contributed by atoms with Crippen LogP contribution in [0.5, 0.6) is 5.75 Å². The Bertz CT molecular complexity index is 786. The molecule has 0 aromatic heterocycles. The van der Waals surface area contributed by atoms with Crippen molar-refractivity contribution < 1.29 is 19.4 Å². The third-order valence-corrected chi connectivity index (χ3v) is 4.83. The molecule has 0 aliphatic carbocycles. The minimum Gasteiger partial charge on any atom is -0.496 e. The highest BCUT2D eigenvalue weighted by Gasteiger charge is 2.38. The Morgan fingerprint density at radius 3 is 2.15 bits per heavy atom. The van der Waals surface area contributed by atoms with E-state index in [1.165, 1.54) is 0 Å². The average Bonchev–Trinajstić information content (AvgIpc) is 2.66. The highest BCUT2D eigenvalue weighted by Crippen LogP contribution is 2.32. The highest BCUT2D eigenvalue weighted by molar-refractivity contribution is 5.89. The van der Waals surface area contributed by atoms with Crippen LogP contribution in [0.1, 0.15) is 31.9 Å². The zero-order valence-corrected chi connectivity index (χ0v) is 15.6. The Balaban J connectivity index is 2.24. The van der Waals surface area contributed by atoms with E-state index >= 15 is 0 Å². The van der Waals surface area contributed by atoms with Crippen LogP contribution in [-0.4, -0.2) is 30.6 Å². The second-order valence-electron chi connectivity index (χ2n) is 7.01. The van der Waals surface area contributed by atoms with Crippen molar-refractivity contribution in [2.45, 2.75) is 31.6 Å². The fourth-order valence-corrected chi connectivity index (χ4v) is 2.87. The second-order valence-corrected chi connectivity index (χ2v) is 7.01. The number of para-hydroxylation sites is 1. The van der Waals surface area contributed by atoms with Crippen LogP contribution in [-0.2, 0) is 20.4 Å². The number of hydrogen-bond acceptors (Lipinski definition) is 3. The maximum atomic E-state index is 12.9. The number of hydrogen-bond donors (Lipinski definition) is 2. The molecule has 5 heteroatoms. The van der Waals surface area contributed by atoms with Gasteiger partial charge in [0.1, 0.15) is 11.2 Å². The van der Waals surface area contributed by atoms with E-state index in [9.17, 15) is 14.7 Å². The van der Waals surface area contributed by atoms with E-state index < -0.39 is 16.8 Å². The molecule has 0 aliphatic rings. The summed E-state index contributed by atoms with van der Waals surface area (Å²) in [7, 11) is 1.56. The third-order valence-electron chi connectivity index (χ3n) is 4.83. The highest BCUT2D eigenvalue weighted by atomic mass is 16.5. The molecule has 138 valence electrons. The van der Waals surface area contributed by atoms with Gasteiger partial charge in [0.15, 0.2) is 0 Å². The quantitative estimate of drug-likeness (QED) is 0.800. The van der Waals surface area contributed by atoms with E-state index in [1.54, 1.807) is 58.2 Å². The number of rotatable bonds is 7. The predicted octanol–water partition coefficient (Wildman–Crippen LogP) is 3.13. The maximum absolute atomic E-state index is 12.9. The van der Waals surface area contributed by atoms with Gasteiger partial charge < -0.3 is 15.2 Å². The van der Waals surface area contributed by atoms with Crippen molar-refractivity contribution in [2.75, 3.05) is 13.7 Å². The summed E-state index contributed by atoms with van der Waals surface area (Å²) in [5.41, 5.74) is -0.698. The van der Waals surface area contributed by atoms with Crippen LogP contribution >= 0.6 is 0 Å². The summed E-state index contributed by atoms with van der Waals surface area (Å²) in [6.45, 7) is 5.19. The van der Waals surface area contributed by atoms with Crippen LogP contribution < -0.4 is 10.1 Å². The van der Waals surface area contributed by atoms with E-state index in [0.29, 0.717) is 11.3 Å². The van der Waals surface area contributed by atoms with E-state index in [2.05, 4.69) is 5.32 Å². The summed E-state index contributed by atoms with van der Waals surface area (Å²) < 4.78 is 5.36. The smallest absolute Gasteiger partial charge is 0.315 e. The average molecular weight is 355 g/mol. The van der Waals surface area contributed by atoms with Gasteiger partial charge in [0, 0.05) is 12.1 Å². The first-order valence-electron chi connectivity index (χ1n) is 8.44. The van der Waals surface area contributed by atoms with Gasteiger partial charge in [-0.1, -0.05) is 48.5 Å². The SMILES string of the molecule is COc1ccccc1C(C)(C)C(=O)NCC(C)(C(=O)O)c1ccccc1. The summed E-state index contributed by atoms with van der Waals surface area (Å²) in [5.74, 6) is -0.624. The standard InChI is InChI=1S/C21H25NO4/c1-20(2,16-12-8-9-13-17(16)26-4)18(23)22-14-21(3,19(24)25)15-10-6-5-7-11-15/h5-13H,14H2,1-4H3,(H,22,23)(H,24,25). The molecule has 26 heavy (non-hydrogen) atoms. The van der Waals surface area contributed by atoms with Crippen molar-refractivity contribution in [2.24, 2.45) is 0 Å². The summed E-state index contributed by atoms with van der Waals surface area (Å²) in [6, 6.07) is 16.2. The molecular formula is C21H25NO4. The molecule has 0 aliphatic heterocycles. The molecule has 0 fully saturated rings. The first-order valence-corrected chi connectivity index (χ1v) is 8.44. The maximum Gasteiger partial charge on any atom is 0.315 e. The zero-order chi connectivity index (χ0) is 19.4. The number of carboxylic acid groups (broad SMARTS) is 1. The molecule has 2 aromatic carbocycles. The molecule has 1 amide bonds. The number of carboxylic acids is 1. The van der Waals surface area contributed by atoms with Gasteiger partial charge in [-0.25, -0.2) is 0 Å². The van der Waals surface area contributed by atoms with Crippen molar-refractivity contribution in [3.63, 3.8) is 0 Å². The first-order chi connectivity index (χ1) is 12.2. The number of carbonyl (C=O) groups is 2. The fourth-order valence-electron chi connectivity index (χ4n) is 2.87. The van der Waals surface area contributed by atoms with Crippen molar-refractivity contribution in [1.82, 2.24) is 5.32 Å². The Morgan fingerprint density at radius 1 is 1.00 bits per heavy atom. The second kappa shape index (κ2) is 7.60. The van der Waals surface area contributed by atoms with Crippen molar-refractivity contribution in [3.8, 4) is 5.75 Å². The molecule has 0 spiro atoms. The Hall–Kier alpha value is -2.82. The third kappa shape index (κ3) is 3.72. The summed E-state index contributed by atoms with van der Waals surface area (Å²) in [5, 5.41) is 12.5. The lowest BCUT2D eigenvalue weighted by molar-refractivity contribution is -0.143. The Kier molecular flexibility index (Phi) is 5.70. The van der Waals surface area contributed by atoms with Gasteiger partial charge in [0.25, 0.3) is 0 Å². The van der Waals surface area contributed by atoms with Crippen molar-refractivity contribution >= 4 is 11.9 Å². The topological polar surface area (TPSA) is 75.6 Å². The van der Waals surface area contributed by atoms with Crippen LogP contribution in [0.15, 0.2) is 54.6 Å². The lowest BCUT2D eigenvalue weighted by Crippen LogP contribution is -2.49. The summed E-state index contributed by atoms with van der Waals surface area (Å²) >= 11 is 0. The Labute approximate surface area is 154 Å². The lowest BCUT2D eigenvalue weighted by atomic mass is 9.80. The van der Waals surface area contributed by atoms with Gasteiger partial charge in [-0.2, -0.15) is 0 Å². The van der Waals surface area contributed by atoms with Crippen LogP contribution in [0.3, 0.4) is 0 Å². The monoisotopic (exact) mass is 355 g/mol. The van der Waals surface area contributed by atoms with Gasteiger partial charge in [-0.3, -0.25) is 9.59 Å². The number of methoxy groups -OCH3 is 1. The fraction of sp³-hybridized carbons (Fsp3) is 0.333. The normalized spacial score (nSPS) is 13.5. The summed E-state index contributed by atoms with van der Waals surface area (Å²) in [6.07, 6.45) is 0. The van der Waals surface area contributed by atoms with E-state index in [1.807, 2.05) is 24.3 Å². The van der Waals surface area contributed by atoms with Gasteiger partial charge >= 0.3 is 5.97 Å². The molecule has 2 aromatic rings. The van der Waals surface area contributed by atoms with Crippen LogP contribution in [0.25, 0.3) is 0 Å². The lowest BCUT2D eigenvalue weighted by Gasteiger charge is -2.30. The van der Waals surface area contributed by atoms with Gasteiger partial charge in [0.2, 0.25) is 5.91 Å². The number of benzene rings is 2. The first kappa shape index (κ1) is 19.5. The molecule has 0 radical (unpaired) electrons. The number of ether oxygens (including phenoxy) is 1. The number of amides is 1. The zero-order valence-electron chi connectivity index (χ0n) is 15.6.